The van der Waals surface area contributed by atoms with Crippen LogP contribution in [0.15, 0.2) is 30.3 Å². The van der Waals surface area contributed by atoms with E-state index in [4.69, 9.17) is 4.74 Å². The molecule has 2 N–H and O–H groups in total. The van der Waals surface area contributed by atoms with E-state index in [9.17, 15) is 4.79 Å². The van der Waals surface area contributed by atoms with Crippen LogP contribution in [0.4, 0.5) is 4.79 Å². The van der Waals surface area contributed by atoms with Gasteiger partial charge in [0.05, 0.1) is 0 Å². The Balaban J connectivity index is 1.95. The van der Waals surface area contributed by atoms with Gasteiger partial charge in [-0.05, 0) is 31.2 Å². The number of benzene rings is 1. The molecule has 4 heteroatoms. The van der Waals surface area contributed by atoms with Crippen LogP contribution in [0.2, 0.25) is 0 Å². The van der Waals surface area contributed by atoms with Gasteiger partial charge in [0.15, 0.2) is 0 Å². The fourth-order valence-electron chi connectivity index (χ4n) is 1.77. The standard InChI is InChI=1S/C15H24N2O2/c1-19-13-6-5-11-16-15(18)17-12-7-10-14-8-3-2-4-9-14/h2-4,8-9H,5-7,10-13H2,1H3,(H2,16,17,18). The highest BCUT2D eigenvalue weighted by molar-refractivity contribution is 5.73. The Kier molecular flexibility index (Phi) is 8.47. The number of carbonyl (C=O) groups excluding carboxylic acids is 1. The molecule has 0 aromatic heterocycles. The second-order valence-electron chi connectivity index (χ2n) is 4.47. The predicted octanol–water partition coefficient (Wildman–Crippen LogP) is 2.34. The molecule has 0 aliphatic carbocycles. The number of rotatable bonds is 9. The third-order valence-electron chi connectivity index (χ3n) is 2.83. The summed E-state index contributed by atoms with van der Waals surface area (Å²) in [5.74, 6) is 0. The van der Waals surface area contributed by atoms with Crippen LogP contribution >= 0.6 is 0 Å². The van der Waals surface area contributed by atoms with Crippen LogP contribution in [-0.2, 0) is 11.2 Å². The lowest BCUT2D eigenvalue weighted by Crippen LogP contribution is -2.36. The summed E-state index contributed by atoms with van der Waals surface area (Å²) < 4.78 is 4.94. The van der Waals surface area contributed by atoms with Gasteiger partial charge in [0.2, 0.25) is 0 Å². The van der Waals surface area contributed by atoms with Crippen molar-refractivity contribution in [2.75, 3.05) is 26.8 Å². The van der Waals surface area contributed by atoms with Crippen molar-refractivity contribution in [2.24, 2.45) is 0 Å². The van der Waals surface area contributed by atoms with Crippen LogP contribution in [0, 0.1) is 0 Å². The number of aryl methyl sites for hydroxylation is 1. The van der Waals surface area contributed by atoms with Gasteiger partial charge < -0.3 is 15.4 Å². The Hall–Kier alpha value is -1.55. The molecule has 2 amide bonds. The minimum absolute atomic E-state index is 0.0783. The Morgan fingerprint density at radius 3 is 2.42 bits per heavy atom. The van der Waals surface area contributed by atoms with Crippen molar-refractivity contribution < 1.29 is 9.53 Å². The van der Waals surface area contributed by atoms with Crippen LogP contribution in [0.3, 0.4) is 0 Å². The normalized spacial score (nSPS) is 10.2. The first-order valence-electron chi connectivity index (χ1n) is 6.87. The Morgan fingerprint density at radius 1 is 1.05 bits per heavy atom. The van der Waals surface area contributed by atoms with E-state index in [0.29, 0.717) is 13.1 Å². The number of nitrogens with one attached hydrogen (secondary N) is 2. The molecular weight excluding hydrogens is 240 g/mol. The summed E-state index contributed by atoms with van der Waals surface area (Å²) in [5, 5.41) is 5.70. The van der Waals surface area contributed by atoms with Crippen molar-refractivity contribution in [3.63, 3.8) is 0 Å². The summed E-state index contributed by atoms with van der Waals surface area (Å²) in [7, 11) is 1.69. The van der Waals surface area contributed by atoms with E-state index in [-0.39, 0.29) is 6.03 Å². The molecule has 4 nitrogen and oxygen atoms in total. The smallest absolute Gasteiger partial charge is 0.314 e. The number of hydrogen-bond donors (Lipinski definition) is 2. The molecule has 0 aliphatic rings. The average Bonchev–Trinajstić information content (AvgIpc) is 2.44. The maximum absolute atomic E-state index is 11.4. The molecule has 0 fully saturated rings. The molecule has 19 heavy (non-hydrogen) atoms. The quantitative estimate of drug-likeness (QED) is 0.673. The van der Waals surface area contributed by atoms with Gasteiger partial charge in [-0.25, -0.2) is 4.79 Å². The summed E-state index contributed by atoms with van der Waals surface area (Å²) in [6.45, 7) is 2.16. The first-order chi connectivity index (χ1) is 9.33. The van der Waals surface area contributed by atoms with E-state index in [2.05, 4.69) is 22.8 Å². The number of hydrogen-bond acceptors (Lipinski definition) is 2. The van der Waals surface area contributed by atoms with Gasteiger partial charge in [0.25, 0.3) is 0 Å². The first kappa shape index (κ1) is 15.5. The average molecular weight is 264 g/mol. The molecule has 0 atom stereocenters. The third kappa shape index (κ3) is 8.21. The number of carbonyl (C=O) groups is 1. The molecule has 106 valence electrons. The van der Waals surface area contributed by atoms with Gasteiger partial charge in [0.1, 0.15) is 0 Å². The summed E-state index contributed by atoms with van der Waals surface area (Å²) in [5.41, 5.74) is 1.31. The van der Waals surface area contributed by atoms with Gasteiger partial charge in [-0.1, -0.05) is 30.3 Å². The number of unbranched alkanes of at least 4 members (excludes halogenated alkanes) is 1. The topological polar surface area (TPSA) is 50.4 Å². The number of urea groups is 1. The predicted molar refractivity (Wildman–Crippen MR) is 77.3 cm³/mol. The SMILES string of the molecule is COCCCCNC(=O)NCCCc1ccccc1. The Morgan fingerprint density at radius 2 is 1.74 bits per heavy atom. The monoisotopic (exact) mass is 264 g/mol. The highest BCUT2D eigenvalue weighted by Gasteiger charge is 1.98. The van der Waals surface area contributed by atoms with Crippen LogP contribution in [0.1, 0.15) is 24.8 Å². The summed E-state index contributed by atoms with van der Waals surface area (Å²) in [4.78, 5) is 11.4. The van der Waals surface area contributed by atoms with Gasteiger partial charge in [-0.15, -0.1) is 0 Å². The van der Waals surface area contributed by atoms with Crippen LogP contribution in [-0.4, -0.2) is 32.8 Å². The fraction of sp³-hybridized carbons (Fsp3) is 0.533. The van der Waals surface area contributed by atoms with Crippen molar-refractivity contribution in [1.29, 1.82) is 0 Å². The molecule has 0 radical (unpaired) electrons. The van der Waals surface area contributed by atoms with Crippen molar-refractivity contribution in [3.8, 4) is 0 Å². The van der Waals surface area contributed by atoms with Crippen molar-refractivity contribution in [3.05, 3.63) is 35.9 Å². The molecule has 0 saturated heterocycles. The van der Waals surface area contributed by atoms with Crippen molar-refractivity contribution >= 4 is 6.03 Å². The molecule has 0 saturated carbocycles. The number of amides is 2. The van der Waals surface area contributed by atoms with Gasteiger partial charge in [0, 0.05) is 26.8 Å². The van der Waals surface area contributed by atoms with Crippen molar-refractivity contribution in [2.45, 2.75) is 25.7 Å². The Bertz CT molecular complexity index is 341. The molecule has 1 aromatic carbocycles. The van der Waals surface area contributed by atoms with Gasteiger partial charge >= 0.3 is 6.03 Å². The molecule has 0 spiro atoms. The first-order valence-corrected chi connectivity index (χ1v) is 6.87. The molecule has 0 aliphatic heterocycles. The largest absolute Gasteiger partial charge is 0.385 e. The Labute approximate surface area is 115 Å². The second kappa shape index (κ2) is 10.4. The van der Waals surface area contributed by atoms with E-state index >= 15 is 0 Å². The third-order valence-corrected chi connectivity index (χ3v) is 2.83. The summed E-state index contributed by atoms with van der Waals surface area (Å²) in [6, 6.07) is 10.2. The number of methoxy groups -OCH3 is 1. The van der Waals surface area contributed by atoms with E-state index in [1.54, 1.807) is 7.11 Å². The minimum Gasteiger partial charge on any atom is -0.385 e. The highest BCUT2D eigenvalue weighted by Crippen LogP contribution is 2.01. The maximum Gasteiger partial charge on any atom is 0.314 e. The van der Waals surface area contributed by atoms with E-state index < -0.39 is 0 Å². The zero-order valence-corrected chi connectivity index (χ0v) is 11.7. The van der Waals surface area contributed by atoms with E-state index in [1.165, 1.54) is 5.56 Å². The minimum atomic E-state index is -0.0783. The lowest BCUT2D eigenvalue weighted by molar-refractivity contribution is 0.192. The lowest BCUT2D eigenvalue weighted by atomic mass is 10.1. The highest BCUT2D eigenvalue weighted by atomic mass is 16.5. The van der Waals surface area contributed by atoms with Crippen molar-refractivity contribution in [1.82, 2.24) is 10.6 Å². The van der Waals surface area contributed by atoms with Gasteiger partial charge in [-0.3, -0.25) is 0 Å². The van der Waals surface area contributed by atoms with Crippen LogP contribution in [0.25, 0.3) is 0 Å². The molecule has 0 heterocycles. The summed E-state index contributed by atoms with van der Waals surface area (Å²) >= 11 is 0. The molecule has 0 bridgehead atoms. The summed E-state index contributed by atoms with van der Waals surface area (Å²) in [6.07, 6.45) is 3.88. The van der Waals surface area contributed by atoms with E-state index in [0.717, 1.165) is 32.3 Å². The molecular formula is C15H24N2O2. The second-order valence-corrected chi connectivity index (χ2v) is 4.47. The fourth-order valence-corrected chi connectivity index (χ4v) is 1.77. The van der Waals surface area contributed by atoms with E-state index in [1.807, 2.05) is 18.2 Å². The molecule has 0 unspecified atom stereocenters. The molecule has 1 aromatic rings. The zero-order valence-electron chi connectivity index (χ0n) is 11.7. The number of ether oxygens (including phenoxy) is 1. The molecule has 1 rings (SSSR count). The van der Waals surface area contributed by atoms with Crippen LogP contribution in [0.5, 0.6) is 0 Å². The zero-order chi connectivity index (χ0) is 13.8. The lowest BCUT2D eigenvalue weighted by Gasteiger charge is -2.07. The maximum atomic E-state index is 11.4. The van der Waals surface area contributed by atoms with Crippen LogP contribution < -0.4 is 10.6 Å². The van der Waals surface area contributed by atoms with Gasteiger partial charge in [-0.2, -0.15) is 0 Å².